The van der Waals surface area contributed by atoms with Gasteiger partial charge < -0.3 is 10.3 Å². The Balaban J connectivity index is 2.22. The first kappa shape index (κ1) is 13.1. The Morgan fingerprint density at radius 3 is 3.00 bits per heavy atom. The average Bonchev–Trinajstić information content (AvgIpc) is 2.90. The van der Waals surface area contributed by atoms with Gasteiger partial charge in [0.25, 0.3) is 5.91 Å². The molecule has 6 heteroatoms. The summed E-state index contributed by atoms with van der Waals surface area (Å²) in [6.45, 7) is 2.57. The van der Waals surface area contributed by atoms with Gasteiger partial charge in [-0.1, -0.05) is 13.0 Å². The quantitative estimate of drug-likeness (QED) is 0.775. The topological polar surface area (TPSA) is 69.8 Å². The molecule has 0 radical (unpaired) electrons. The molecule has 2 rings (SSSR count). The molecule has 2 aromatic rings. The van der Waals surface area contributed by atoms with Gasteiger partial charge in [-0.05, 0) is 18.6 Å². The summed E-state index contributed by atoms with van der Waals surface area (Å²) in [5, 5.41) is 5.50. The number of halogens is 1. The smallest absolute Gasteiger partial charge is 0.260 e. The lowest BCUT2D eigenvalue weighted by Gasteiger charge is -2.11. The summed E-state index contributed by atoms with van der Waals surface area (Å²) < 4.78 is 13.7. The Labute approximate surface area is 110 Å². The lowest BCUT2D eigenvalue weighted by molar-refractivity contribution is 0.102. The zero-order chi connectivity index (χ0) is 13.7. The minimum absolute atomic E-state index is 0.216. The second-order valence-electron chi connectivity index (χ2n) is 3.98. The van der Waals surface area contributed by atoms with E-state index in [0.29, 0.717) is 12.5 Å². The van der Waals surface area contributed by atoms with E-state index in [9.17, 15) is 9.18 Å². The van der Waals surface area contributed by atoms with E-state index in [1.807, 2.05) is 6.92 Å². The first-order chi connectivity index (χ1) is 9.22. The fraction of sp³-hybridized carbons (Fsp3) is 0.231. The maximum Gasteiger partial charge on any atom is 0.260 e. The number of nitrogens with zero attached hydrogens (tertiary/aromatic N) is 1. The first-order valence-electron chi connectivity index (χ1n) is 6.05. The van der Waals surface area contributed by atoms with Crippen LogP contribution in [0.15, 0.2) is 30.6 Å². The molecule has 3 N–H and O–H groups in total. The number of imidazole rings is 1. The number of carbonyl (C=O) groups excluding carboxylic acids is 1. The molecule has 19 heavy (non-hydrogen) atoms. The highest BCUT2D eigenvalue weighted by molar-refractivity contribution is 6.07. The van der Waals surface area contributed by atoms with Crippen LogP contribution in [0.3, 0.4) is 0 Å². The predicted octanol–water partition coefficient (Wildman–Crippen LogP) is 2.62. The molecule has 5 nitrogen and oxygen atoms in total. The highest BCUT2D eigenvalue weighted by Gasteiger charge is 2.15. The number of nitrogens with one attached hydrogen (secondary N) is 3. The molecule has 100 valence electrons. The maximum atomic E-state index is 13.7. The number of carbonyl (C=O) groups is 1. The summed E-state index contributed by atoms with van der Waals surface area (Å²) >= 11 is 0. The number of aromatic amines is 1. The third-order valence-corrected chi connectivity index (χ3v) is 2.54. The number of anilines is 2. The van der Waals surface area contributed by atoms with Crippen molar-refractivity contribution >= 4 is 17.5 Å². The number of benzene rings is 1. The van der Waals surface area contributed by atoms with Crippen molar-refractivity contribution in [2.45, 2.75) is 13.3 Å². The maximum absolute atomic E-state index is 13.7. The molecule has 0 aliphatic carbocycles. The molecule has 1 aromatic carbocycles. The highest BCUT2D eigenvalue weighted by Crippen LogP contribution is 2.20. The molecule has 1 amide bonds. The van der Waals surface area contributed by atoms with Crippen LogP contribution in [0.1, 0.15) is 23.7 Å². The second-order valence-corrected chi connectivity index (χ2v) is 3.98. The van der Waals surface area contributed by atoms with Crippen molar-refractivity contribution in [3.8, 4) is 0 Å². The van der Waals surface area contributed by atoms with Crippen molar-refractivity contribution in [1.29, 1.82) is 0 Å². The van der Waals surface area contributed by atoms with Crippen molar-refractivity contribution in [2.75, 3.05) is 17.2 Å². The SMILES string of the molecule is CCCNc1c(F)cccc1C(=O)Nc1ncc[nH]1. The molecular weight excluding hydrogens is 247 g/mol. The van der Waals surface area contributed by atoms with E-state index < -0.39 is 11.7 Å². The highest BCUT2D eigenvalue weighted by atomic mass is 19.1. The number of para-hydroxylation sites is 1. The van der Waals surface area contributed by atoms with E-state index in [1.54, 1.807) is 12.3 Å². The largest absolute Gasteiger partial charge is 0.382 e. The van der Waals surface area contributed by atoms with Crippen LogP contribution in [0.5, 0.6) is 0 Å². The summed E-state index contributed by atoms with van der Waals surface area (Å²) in [5.41, 5.74) is 0.471. The summed E-state index contributed by atoms with van der Waals surface area (Å²) in [4.78, 5) is 18.7. The van der Waals surface area contributed by atoms with Gasteiger partial charge in [-0.2, -0.15) is 0 Å². The molecule has 1 heterocycles. The molecular formula is C13H15FN4O. The van der Waals surface area contributed by atoms with Crippen molar-refractivity contribution in [2.24, 2.45) is 0 Å². The van der Waals surface area contributed by atoms with Gasteiger partial charge in [0.15, 0.2) is 0 Å². The van der Waals surface area contributed by atoms with Gasteiger partial charge in [-0.15, -0.1) is 0 Å². The first-order valence-corrected chi connectivity index (χ1v) is 6.05. The Bertz CT molecular complexity index is 554. The number of H-pyrrole nitrogens is 1. The average molecular weight is 262 g/mol. The number of amides is 1. The monoisotopic (exact) mass is 262 g/mol. The normalized spacial score (nSPS) is 10.2. The van der Waals surface area contributed by atoms with Gasteiger partial charge in [-0.25, -0.2) is 9.37 Å². The van der Waals surface area contributed by atoms with Gasteiger partial charge >= 0.3 is 0 Å². The van der Waals surface area contributed by atoms with Gasteiger partial charge in [-0.3, -0.25) is 10.1 Å². The van der Waals surface area contributed by atoms with Crippen molar-refractivity contribution < 1.29 is 9.18 Å². The van der Waals surface area contributed by atoms with E-state index in [0.717, 1.165) is 6.42 Å². The van der Waals surface area contributed by atoms with Crippen LogP contribution >= 0.6 is 0 Å². The number of aromatic nitrogens is 2. The predicted molar refractivity (Wildman–Crippen MR) is 71.7 cm³/mol. The fourth-order valence-electron chi connectivity index (χ4n) is 1.65. The van der Waals surface area contributed by atoms with Gasteiger partial charge in [0, 0.05) is 18.9 Å². The van der Waals surface area contributed by atoms with Crippen LogP contribution < -0.4 is 10.6 Å². The van der Waals surface area contributed by atoms with Gasteiger partial charge in [0.1, 0.15) is 5.82 Å². The minimum atomic E-state index is -0.444. The van der Waals surface area contributed by atoms with E-state index >= 15 is 0 Å². The summed E-state index contributed by atoms with van der Waals surface area (Å²) in [7, 11) is 0. The Morgan fingerprint density at radius 1 is 1.47 bits per heavy atom. The number of hydrogen-bond donors (Lipinski definition) is 3. The number of rotatable bonds is 5. The Morgan fingerprint density at radius 2 is 2.32 bits per heavy atom. The number of hydrogen-bond acceptors (Lipinski definition) is 3. The zero-order valence-electron chi connectivity index (χ0n) is 10.5. The summed E-state index contributed by atoms with van der Waals surface area (Å²) in [5.74, 6) is -0.524. The molecule has 0 fully saturated rings. The minimum Gasteiger partial charge on any atom is -0.382 e. The van der Waals surface area contributed by atoms with Crippen LogP contribution in [0.2, 0.25) is 0 Å². The van der Waals surface area contributed by atoms with E-state index in [-0.39, 0.29) is 11.3 Å². The van der Waals surface area contributed by atoms with Gasteiger partial charge in [0.2, 0.25) is 5.95 Å². The van der Waals surface area contributed by atoms with Crippen LogP contribution in [0, 0.1) is 5.82 Å². The molecule has 0 saturated carbocycles. The van der Waals surface area contributed by atoms with E-state index in [1.165, 1.54) is 18.3 Å². The van der Waals surface area contributed by atoms with Gasteiger partial charge in [0.05, 0.1) is 11.3 Å². The second kappa shape index (κ2) is 5.99. The van der Waals surface area contributed by atoms with Crippen LogP contribution in [0.4, 0.5) is 16.0 Å². The van der Waals surface area contributed by atoms with E-state index in [2.05, 4.69) is 20.6 Å². The van der Waals surface area contributed by atoms with Crippen LogP contribution in [0.25, 0.3) is 0 Å². The fourth-order valence-corrected chi connectivity index (χ4v) is 1.65. The Hall–Kier alpha value is -2.37. The summed E-state index contributed by atoms with van der Waals surface area (Å²) in [6.07, 6.45) is 3.96. The molecule has 0 spiro atoms. The lowest BCUT2D eigenvalue weighted by atomic mass is 10.1. The standard InChI is InChI=1S/C13H15FN4O/c1-2-6-15-11-9(4-3-5-10(11)14)12(19)18-13-16-7-8-17-13/h3-5,7-8,15H,2,6H2,1H3,(H2,16,17,18,19). The molecule has 0 bridgehead atoms. The third kappa shape index (κ3) is 3.09. The third-order valence-electron chi connectivity index (χ3n) is 2.54. The van der Waals surface area contributed by atoms with Crippen molar-refractivity contribution in [3.63, 3.8) is 0 Å². The van der Waals surface area contributed by atoms with E-state index in [4.69, 9.17) is 0 Å². The van der Waals surface area contributed by atoms with Crippen LogP contribution in [-0.2, 0) is 0 Å². The molecule has 0 atom stereocenters. The zero-order valence-corrected chi connectivity index (χ0v) is 10.5. The lowest BCUT2D eigenvalue weighted by Crippen LogP contribution is -2.16. The molecule has 1 aromatic heterocycles. The summed E-state index contributed by atoms with van der Waals surface area (Å²) in [6, 6.07) is 4.39. The molecule has 0 aliphatic rings. The Kier molecular flexibility index (Phi) is 4.12. The van der Waals surface area contributed by atoms with Crippen LogP contribution in [-0.4, -0.2) is 22.4 Å². The molecule has 0 aliphatic heterocycles. The van der Waals surface area contributed by atoms with Crippen molar-refractivity contribution in [3.05, 3.63) is 42.0 Å². The molecule has 0 unspecified atom stereocenters. The molecule has 0 saturated heterocycles. The van der Waals surface area contributed by atoms with Crippen molar-refractivity contribution in [1.82, 2.24) is 9.97 Å².